The zero-order valence-corrected chi connectivity index (χ0v) is 12.5. The number of aliphatic carboxylic acids is 1. The first-order valence-electron chi connectivity index (χ1n) is 7.52. The average Bonchev–Trinajstić information content (AvgIpc) is 2.86. The van der Waals surface area contributed by atoms with Gasteiger partial charge in [-0.3, -0.25) is 9.59 Å². The van der Waals surface area contributed by atoms with Crippen molar-refractivity contribution in [1.29, 1.82) is 0 Å². The van der Waals surface area contributed by atoms with Crippen LogP contribution in [0.3, 0.4) is 0 Å². The number of carboxylic acid groups (broad SMARTS) is 1. The summed E-state index contributed by atoms with van der Waals surface area (Å²) in [6.45, 7) is 1.56. The van der Waals surface area contributed by atoms with Crippen molar-refractivity contribution in [1.82, 2.24) is 14.5 Å². The highest BCUT2D eigenvalue weighted by molar-refractivity contribution is 5.86. The lowest BCUT2D eigenvalue weighted by Gasteiger charge is -2.38. The van der Waals surface area contributed by atoms with Gasteiger partial charge in [-0.15, -0.1) is 0 Å². The number of para-hydroxylation sites is 2. The van der Waals surface area contributed by atoms with Crippen LogP contribution in [0.15, 0.2) is 30.6 Å². The Balaban J connectivity index is 1.87. The molecule has 3 rings (SSSR count). The van der Waals surface area contributed by atoms with Gasteiger partial charge in [0.25, 0.3) is 0 Å². The summed E-state index contributed by atoms with van der Waals surface area (Å²) < 4.78 is 1.81. The molecule has 0 spiro atoms. The summed E-state index contributed by atoms with van der Waals surface area (Å²) in [5.41, 5.74) is 1.71. The Morgan fingerprint density at radius 2 is 2.14 bits per heavy atom. The van der Waals surface area contributed by atoms with E-state index in [-0.39, 0.29) is 18.5 Å². The summed E-state index contributed by atoms with van der Waals surface area (Å²) in [6, 6.07) is 7.20. The highest BCUT2D eigenvalue weighted by atomic mass is 16.4. The molecule has 1 heterocycles. The van der Waals surface area contributed by atoms with Crippen molar-refractivity contribution in [3.05, 3.63) is 30.6 Å². The standard InChI is InChI=1S/C16H19N3O3/c1-11(19-10-17-13-7-2-3-8-14(13)19)16(22)18(9-15(20)21)12-5-4-6-12/h2-3,7-8,10-12H,4-6,9H2,1H3,(H,20,21). The van der Waals surface area contributed by atoms with Gasteiger partial charge in [-0.1, -0.05) is 12.1 Å². The highest BCUT2D eigenvalue weighted by Gasteiger charge is 2.33. The molecular weight excluding hydrogens is 282 g/mol. The number of imidazole rings is 1. The van der Waals surface area contributed by atoms with Crippen LogP contribution in [0.25, 0.3) is 11.0 Å². The zero-order valence-electron chi connectivity index (χ0n) is 12.5. The number of carbonyl (C=O) groups is 2. The Hall–Kier alpha value is -2.37. The predicted octanol–water partition coefficient (Wildman–Crippen LogP) is 2.06. The van der Waals surface area contributed by atoms with E-state index >= 15 is 0 Å². The van der Waals surface area contributed by atoms with Crippen LogP contribution in [-0.2, 0) is 9.59 Å². The first-order valence-corrected chi connectivity index (χ1v) is 7.52. The van der Waals surface area contributed by atoms with Crippen molar-refractivity contribution in [3.8, 4) is 0 Å². The van der Waals surface area contributed by atoms with Gasteiger partial charge < -0.3 is 14.6 Å². The van der Waals surface area contributed by atoms with E-state index in [0.717, 1.165) is 30.3 Å². The van der Waals surface area contributed by atoms with Crippen LogP contribution in [0.5, 0.6) is 0 Å². The third kappa shape index (κ3) is 2.56. The molecule has 1 aromatic carbocycles. The number of hydrogen-bond donors (Lipinski definition) is 1. The molecule has 0 bridgehead atoms. The topological polar surface area (TPSA) is 75.4 Å². The number of carboxylic acids is 1. The second-order valence-corrected chi connectivity index (χ2v) is 5.76. The Morgan fingerprint density at radius 1 is 1.41 bits per heavy atom. The second-order valence-electron chi connectivity index (χ2n) is 5.76. The van der Waals surface area contributed by atoms with Crippen LogP contribution in [0.4, 0.5) is 0 Å². The van der Waals surface area contributed by atoms with Crippen LogP contribution in [-0.4, -0.2) is 44.0 Å². The Bertz CT molecular complexity index is 705. The van der Waals surface area contributed by atoms with Crippen molar-refractivity contribution < 1.29 is 14.7 Å². The van der Waals surface area contributed by atoms with Gasteiger partial charge in [0.15, 0.2) is 0 Å². The number of rotatable bonds is 5. The summed E-state index contributed by atoms with van der Waals surface area (Å²) in [5, 5.41) is 9.07. The Kier molecular flexibility index (Phi) is 3.83. The van der Waals surface area contributed by atoms with Crippen molar-refractivity contribution >= 4 is 22.9 Å². The SMILES string of the molecule is CC(C(=O)N(CC(=O)O)C1CCC1)n1cnc2ccccc21. The van der Waals surface area contributed by atoms with Gasteiger partial charge in [-0.05, 0) is 38.3 Å². The largest absolute Gasteiger partial charge is 0.480 e. The molecular formula is C16H19N3O3. The van der Waals surface area contributed by atoms with Gasteiger partial charge >= 0.3 is 5.97 Å². The van der Waals surface area contributed by atoms with E-state index in [9.17, 15) is 9.59 Å². The minimum Gasteiger partial charge on any atom is -0.480 e. The van der Waals surface area contributed by atoms with Crippen LogP contribution < -0.4 is 0 Å². The molecule has 1 atom stereocenters. The van der Waals surface area contributed by atoms with Crippen molar-refractivity contribution in [2.45, 2.75) is 38.3 Å². The van der Waals surface area contributed by atoms with Gasteiger partial charge in [0.1, 0.15) is 12.6 Å². The third-order valence-electron chi connectivity index (χ3n) is 4.36. The van der Waals surface area contributed by atoms with Gasteiger partial charge in [-0.2, -0.15) is 0 Å². The fourth-order valence-corrected chi connectivity index (χ4v) is 2.88. The lowest BCUT2D eigenvalue weighted by molar-refractivity contribution is -0.149. The molecule has 22 heavy (non-hydrogen) atoms. The first-order chi connectivity index (χ1) is 10.6. The molecule has 6 heteroatoms. The van der Waals surface area contributed by atoms with Crippen LogP contribution in [0.1, 0.15) is 32.2 Å². The molecule has 1 aliphatic carbocycles. The molecule has 1 aliphatic rings. The number of hydrogen-bond acceptors (Lipinski definition) is 3. The smallest absolute Gasteiger partial charge is 0.323 e. The van der Waals surface area contributed by atoms with Gasteiger partial charge in [-0.25, -0.2) is 4.98 Å². The van der Waals surface area contributed by atoms with Crippen molar-refractivity contribution in [3.63, 3.8) is 0 Å². The number of benzene rings is 1. The van der Waals surface area contributed by atoms with Crippen LogP contribution in [0, 0.1) is 0 Å². The molecule has 2 aromatic rings. The average molecular weight is 301 g/mol. The molecule has 0 saturated heterocycles. The van der Waals surface area contributed by atoms with E-state index in [1.165, 1.54) is 4.90 Å². The third-order valence-corrected chi connectivity index (χ3v) is 4.36. The summed E-state index contributed by atoms with van der Waals surface area (Å²) in [5.74, 6) is -1.13. The van der Waals surface area contributed by atoms with Gasteiger partial charge in [0.05, 0.1) is 17.4 Å². The summed E-state index contributed by atoms with van der Waals surface area (Å²) in [7, 11) is 0. The molecule has 1 saturated carbocycles. The Labute approximate surface area is 128 Å². The molecule has 0 aliphatic heterocycles. The molecule has 1 fully saturated rings. The molecule has 1 aromatic heterocycles. The molecule has 1 amide bonds. The number of amides is 1. The second kappa shape index (κ2) is 5.79. The number of carbonyl (C=O) groups excluding carboxylic acids is 1. The lowest BCUT2D eigenvalue weighted by atomic mass is 9.91. The maximum Gasteiger partial charge on any atom is 0.323 e. The predicted molar refractivity (Wildman–Crippen MR) is 81.4 cm³/mol. The highest BCUT2D eigenvalue weighted by Crippen LogP contribution is 2.27. The maximum atomic E-state index is 12.8. The minimum absolute atomic E-state index is 0.0563. The minimum atomic E-state index is -0.970. The van der Waals surface area contributed by atoms with E-state index in [1.54, 1.807) is 13.3 Å². The normalized spacial score (nSPS) is 16.2. The molecule has 0 radical (unpaired) electrons. The number of fused-ring (bicyclic) bond motifs is 1. The van der Waals surface area contributed by atoms with E-state index < -0.39 is 12.0 Å². The lowest BCUT2D eigenvalue weighted by Crippen LogP contribution is -2.49. The first kappa shape index (κ1) is 14.6. The van der Waals surface area contributed by atoms with Crippen LogP contribution >= 0.6 is 0 Å². The zero-order chi connectivity index (χ0) is 15.7. The van der Waals surface area contributed by atoms with Gasteiger partial charge in [0, 0.05) is 6.04 Å². The monoisotopic (exact) mass is 301 g/mol. The van der Waals surface area contributed by atoms with E-state index in [1.807, 2.05) is 28.8 Å². The fraction of sp³-hybridized carbons (Fsp3) is 0.438. The summed E-state index contributed by atoms with van der Waals surface area (Å²) in [4.78, 5) is 29.6. The number of aromatic nitrogens is 2. The number of nitrogens with zero attached hydrogens (tertiary/aromatic N) is 3. The summed E-state index contributed by atoms with van der Waals surface area (Å²) >= 11 is 0. The van der Waals surface area contributed by atoms with E-state index in [2.05, 4.69) is 4.98 Å². The fourth-order valence-electron chi connectivity index (χ4n) is 2.88. The van der Waals surface area contributed by atoms with E-state index in [0.29, 0.717) is 0 Å². The van der Waals surface area contributed by atoms with Crippen molar-refractivity contribution in [2.75, 3.05) is 6.54 Å². The molecule has 116 valence electrons. The molecule has 6 nitrogen and oxygen atoms in total. The van der Waals surface area contributed by atoms with Gasteiger partial charge in [0.2, 0.25) is 5.91 Å². The van der Waals surface area contributed by atoms with E-state index in [4.69, 9.17) is 5.11 Å². The Morgan fingerprint density at radius 3 is 2.77 bits per heavy atom. The quantitative estimate of drug-likeness (QED) is 0.917. The maximum absolute atomic E-state index is 12.8. The molecule has 1 N–H and O–H groups in total. The molecule has 1 unspecified atom stereocenters. The van der Waals surface area contributed by atoms with Crippen LogP contribution in [0.2, 0.25) is 0 Å². The summed E-state index contributed by atoms with van der Waals surface area (Å²) in [6.07, 6.45) is 4.47. The van der Waals surface area contributed by atoms with Crippen molar-refractivity contribution in [2.24, 2.45) is 0 Å².